The van der Waals surface area contributed by atoms with Gasteiger partial charge in [-0.1, -0.05) is 23.7 Å². The number of benzene rings is 1. The van der Waals surface area contributed by atoms with E-state index >= 15 is 0 Å². The average Bonchev–Trinajstić information content (AvgIpc) is 3.13. The Kier molecular flexibility index (Phi) is 4.73. The normalized spacial score (nSPS) is 22.2. The van der Waals surface area contributed by atoms with Gasteiger partial charge >= 0.3 is 0 Å². The van der Waals surface area contributed by atoms with Crippen LogP contribution in [0.25, 0.3) is 0 Å². The van der Waals surface area contributed by atoms with Gasteiger partial charge in [-0.3, -0.25) is 9.69 Å². The van der Waals surface area contributed by atoms with Gasteiger partial charge in [0.15, 0.2) is 6.10 Å². The van der Waals surface area contributed by atoms with Crippen LogP contribution in [-0.2, 0) is 28.2 Å². The summed E-state index contributed by atoms with van der Waals surface area (Å²) in [6, 6.07) is 7.99. The first-order chi connectivity index (χ1) is 12.6. The summed E-state index contributed by atoms with van der Waals surface area (Å²) in [4.78, 5) is 19.1. The van der Waals surface area contributed by atoms with Gasteiger partial charge in [-0.25, -0.2) is 4.98 Å². The molecule has 0 saturated carbocycles. The topological polar surface area (TPSA) is 59.4 Å². The molecular weight excluding hydrogens is 352 g/mol. The third kappa shape index (κ3) is 3.24. The molecule has 1 atom stereocenters. The SMILES string of the molecule is CNC(=O)C1Cn2ccnc2C2(CCN(Cc3cccc(Cl)c3)CC2)O1. The molecule has 7 heteroatoms. The Morgan fingerprint density at radius 1 is 1.42 bits per heavy atom. The number of aromatic nitrogens is 2. The number of likely N-dealkylation sites (tertiary alicyclic amines) is 1. The molecule has 1 amide bonds. The number of carbonyl (C=O) groups excluding carboxylic acids is 1. The van der Waals surface area contributed by atoms with Crippen molar-refractivity contribution < 1.29 is 9.53 Å². The first kappa shape index (κ1) is 17.5. The minimum absolute atomic E-state index is 0.0786. The van der Waals surface area contributed by atoms with Crippen LogP contribution in [0.1, 0.15) is 24.2 Å². The van der Waals surface area contributed by atoms with Crippen LogP contribution in [0.3, 0.4) is 0 Å². The molecule has 1 unspecified atom stereocenters. The van der Waals surface area contributed by atoms with E-state index in [1.54, 1.807) is 13.2 Å². The Balaban J connectivity index is 1.49. The van der Waals surface area contributed by atoms with Crippen molar-refractivity contribution in [3.05, 3.63) is 53.1 Å². The molecule has 1 fully saturated rings. The van der Waals surface area contributed by atoms with E-state index in [4.69, 9.17) is 16.3 Å². The summed E-state index contributed by atoms with van der Waals surface area (Å²) in [5, 5.41) is 3.47. The number of fused-ring (bicyclic) bond motifs is 2. The fourth-order valence-electron chi connectivity index (χ4n) is 4.00. The fourth-order valence-corrected chi connectivity index (χ4v) is 4.21. The summed E-state index contributed by atoms with van der Waals surface area (Å²) < 4.78 is 8.39. The molecule has 6 nitrogen and oxygen atoms in total. The van der Waals surface area contributed by atoms with Crippen molar-refractivity contribution in [2.45, 2.75) is 37.6 Å². The summed E-state index contributed by atoms with van der Waals surface area (Å²) in [6.07, 6.45) is 4.90. The zero-order chi connectivity index (χ0) is 18.1. The molecule has 26 heavy (non-hydrogen) atoms. The van der Waals surface area contributed by atoms with Gasteiger partial charge in [-0.15, -0.1) is 0 Å². The Bertz CT molecular complexity index is 798. The maximum atomic E-state index is 12.2. The molecule has 2 aromatic rings. The number of likely N-dealkylation sites (N-methyl/N-ethyl adjacent to an activating group) is 1. The van der Waals surface area contributed by atoms with Gasteiger partial charge in [0.25, 0.3) is 5.91 Å². The first-order valence-corrected chi connectivity index (χ1v) is 9.35. The van der Waals surface area contributed by atoms with Crippen LogP contribution in [0.2, 0.25) is 5.02 Å². The molecular formula is C19H23ClN4O2. The summed E-state index contributed by atoms with van der Waals surface area (Å²) in [6.45, 7) is 3.16. The minimum Gasteiger partial charge on any atom is -0.357 e. The molecule has 0 aliphatic carbocycles. The van der Waals surface area contributed by atoms with Crippen LogP contribution in [0.15, 0.2) is 36.7 Å². The lowest BCUT2D eigenvalue weighted by Gasteiger charge is -2.45. The lowest BCUT2D eigenvalue weighted by molar-refractivity contribution is -0.173. The predicted octanol–water partition coefficient (Wildman–Crippen LogP) is 2.17. The van der Waals surface area contributed by atoms with Gasteiger partial charge in [0.1, 0.15) is 11.4 Å². The highest BCUT2D eigenvalue weighted by Gasteiger charge is 2.46. The number of hydrogen-bond donors (Lipinski definition) is 1. The molecule has 1 aromatic carbocycles. The number of halogens is 1. The molecule has 1 N–H and O–H groups in total. The smallest absolute Gasteiger partial charge is 0.250 e. The molecule has 1 spiro atoms. The number of carbonyl (C=O) groups is 1. The molecule has 138 valence electrons. The molecule has 0 radical (unpaired) electrons. The maximum absolute atomic E-state index is 12.2. The summed E-state index contributed by atoms with van der Waals surface area (Å²) >= 11 is 6.09. The second-order valence-corrected chi connectivity index (χ2v) is 7.46. The van der Waals surface area contributed by atoms with Crippen molar-refractivity contribution in [3.8, 4) is 0 Å². The highest BCUT2D eigenvalue weighted by atomic mass is 35.5. The predicted molar refractivity (Wildman–Crippen MR) is 98.8 cm³/mol. The van der Waals surface area contributed by atoms with Gasteiger partial charge in [0.05, 0.1) is 6.54 Å². The van der Waals surface area contributed by atoms with Crippen LogP contribution >= 0.6 is 11.6 Å². The third-order valence-electron chi connectivity index (χ3n) is 5.35. The van der Waals surface area contributed by atoms with E-state index in [9.17, 15) is 4.79 Å². The Morgan fingerprint density at radius 3 is 2.96 bits per heavy atom. The van der Waals surface area contributed by atoms with E-state index < -0.39 is 11.7 Å². The number of rotatable bonds is 3. The monoisotopic (exact) mass is 374 g/mol. The molecule has 4 rings (SSSR count). The fraction of sp³-hybridized carbons (Fsp3) is 0.474. The van der Waals surface area contributed by atoms with Crippen LogP contribution in [0.4, 0.5) is 0 Å². The number of piperidine rings is 1. The quantitative estimate of drug-likeness (QED) is 0.894. The van der Waals surface area contributed by atoms with Crippen LogP contribution in [-0.4, -0.2) is 46.6 Å². The van der Waals surface area contributed by atoms with E-state index in [2.05, 4.69) is 25.8 Å². The summed E-state index contributed by atoms with van der Waals surface area (Å²) in [7, 11) is 1.65. The van der Waals surface area contributed by atoms with Crippen molar-refractivity contribution in [1.82, 2.24) is 19.8 Å². The highest BCUT2D eigenvalue weighted by Crippen LogP contribution is 2.40. The number of nitrogens with zero attached hydrogens (tertiary/aromatic N) is 3. The standard InChI is InChI=1S/C19H23ClN4O2/c1-21-17(25)16-13-24-10-7-22-18(24)19(26-16)5-8-23(9-6-19)12-14-3-2-4-15(20)11-14/h2-4,7,10-11,16H,5-6,8-9,12-13H2,1H3,(H,21,25). The van der Waals surface area contributed by atoms with Crippen LogP contribution in [0.5, 0.6) is 0 Å². The largest absolute Gasteiger partial charge is 0.357 e. The van der Waals surface area contributed by atoms with Crippen molar-refractivity contribution in [2.75, 3.05) is 20.1 Å². The molecule has 3 heterocycles. The van der Waals surface area contributed by atoms with E-state index in [1.807, 2.05) is 24.4 Å². The van der Waals surface area contributed by atoms with Crippen LogP contribution < -0.4 is 5.32 Å². The number of amides is 1. The molecule has 0 bridgehead atoms. The van der Waals surface area contributed by atoms with E-state index in [-0.39, 0.29) is 5.91 Å². The minimum atomic E-state index is -0.482. The van der Waals surface area contributed by atoms with Crippen molar-refractivity contribution >= 4 is 17.5 Å². The van der Waals surface area contributed by atoms with Gasteiger partial charge in [0.2, 0.25) is 0 Å². The van der Waals surface area contributed by atoms with Crippen LogP contribution in [0, 0.1) is 0 Å². The zero-order valence-corrected chi connectivity index (χ0v) is 15.6. The number of hydrogen-bond acceptors (Lipinski definition) is 4. The second-order valence-electron chi connectivity index (χ2n) is 7.02. The molecule has 2 aliphatic heterocycles. The lowest BCUT2D eigenvalue weighted by atomic mass is 9.88. The summed E-state index contributed by atoms with van der Waals surface area (Å²) in [5.41, 5.74) is 0.728. The molecule has 1 saturated heterocycles. The van der Waals surface area contributed by atoms with E-state index in [0.717, 1.165) is 43.3 Å². The zero-order valence-electron chi connectivity index (χ0n) is 14.8. The Hall–Kier alpha value is -1.89. The first-order valence-electron chi connectivity index (χ1n) is 8.97. The maximum Gasteiger partial charge on any atom is 0.250 e. The van der Waals surface area contributed by atoms with Crippen molar-refractivity contribution in [1.29, 1.82) is 0 Å². The Labute approximate surface area is 158 Å². The third-order valence-corrected chi connectivity index (χ3v) is 5.59. The second kappa shape index (κ2) is 7.02. The summed E-state index contributed by atoms with van der Waals surface area (Å²) in [5.74, 6) is 0.866. The number of ether oxygens (including phenoxy) is 1. The van der Waals surface area contributed by atoms with E-state index in [0.29, 0.717) is 6.54 Å². The van der Waals surface area contributed by atoms with Gasteiger partial charge < -0.3 is 14.6 Å². The van der Waals surface area contributed by atoms with Crippen molar-refractivity contribution in [2.24, 2.45) is 0 Å². The highest BCUT2D eigenvalue weighted by molar-refractivity contribution is 6.30. The van der Waals surface area contributed by atoms with Crippen molar-refractivity contribution in [3.63, 3.8) is 0 Å². The van der Waals surface area contributed by atoms with E-state index in [1.165, 1.54) is 5.56 Å². The lowest BCUT2D eigenvalue weighted by Crippen LogP contribution is -2.53. The average molecular weight is 375 g/mol. The Morgan fingerprint density at radius 2 is 2.23 bits per heavy atom. The number of nitrogens with one attached hydrogen (secondary N) is 1. The van der Waals surface area contributed by atoms with Gasteiger partial charge in [-0.2, -0.15) is 0 Å². The number of imidazole rings is 1. The van der Waals surface area contributed by atoms with Gasteiger partial charge in [-0.05, 0) is 30.5 Å². The molecule has 2 aliphatic rings. The van der Waals surface area contributed by atoms with Gasteiger partial charge in [0, 0.05) is 44.1 Å². The molecule has 1 aromatic heterocycles.